The molecule has 0 unspecified atom stereocenters. The minimum atomic E-state index is -0.175. The van der Waals surface area contributed by atoms with Crippen molar-refractivity contribution in [1.82, 2.24) is 9.97 Å². The molecule has 0 saturated carbocycles. The molecule has 1 aliphatic rings. The van der Waals surface area contributed by atoms with Crippen LogP contribution < -0.4 is 10.6 Å². The summed E-state index contributed by atoms with van der Waals surface area (Å²) < 4.78 is 0. The highest BCUT2D eigenvalue weighted by Gasteiger charge is 2.06. The molecule has 1 aromatic carbocycles. The average molecular weight is 268 g/mol. The van der Waals surface area contributed by atoms with E-state index in [0.717, 1.165) is 5.52 Å². The molecule has 4 rings (SSSR count). The summed E-state index contributed by atoms with van der Waals surface area (Å²) in [5.41, 5.74) is 0.738. The normalized spacial score (nSPS) is 12.8. The molecule has 2 heterocycles. The molecule has 0 radical (unpaired) electrons. The largest absolute Gasteiger partial charge is 0.503 e. The summed E-state index contributed by atoms with van der Waals surface area (Å²) in [6.45, 7) is 0. The molecule has 4 N–H and O–H groups in total. The summed E-state index contributed by atoms with van der Waals surface area (Å²) >= 11 is 0. The zero-order valence-corrected chi connectivity index (χ0v) is 10.9. The maximum absolute atomic E-state index is 9.22. The van der Waals surface area contributed by atoms with Crippen LogP contribution in [0.1, 0.15) is 12.8 Å². The summed E-state index contributed by atoms with van der Waals surface area (Å²) in [5.74, 6) is -0.258. The molecule has 1 aliphatic carbocycles. The topological polar surface area (TPSA) is 72.0 Å². The zero-order valence-electron chi connectivity index (χ0n) is 10.9. The highest BCUT2D eigenvalue weighted by molar-refractivity contribution is 5.88. The van der Waals surface area contributed by atoms with Crippen molar-refractivity contribution in [3.63, 3.8) is 0 Å². The van der Waals surface area contributed by atoms with Crippen molar-refractivity contribution in [2.45, 2.75) is 12.8 Å². The first kappa shape index (κ1) is 12.4. The van der Waals surface area contributed by atoms with Crippen LogP contribution in [-0.4, -0.2) is 20.2 Å². The van der Waals surface area contributed by atoms with Gasteiger partial charge in [-0.3, -0.25) is 0 Å². The summed E-state index contributed by atoms with van der Waals surface area (Å²) in [6, 6.07) is 9.27. The van der Waals surface area contributed by atoms with Crippen LogP contribution in [0, 0.1) is 0 Å². The van der Waals surface area contributed by atoms with Gasteiger partial charge in [0.25, 0.3) is 0 Å². The van der Waals surface area contributed by atoms with Gasteiger partial charge in [0, 0.05) is 16.9 Å². The lowest BCUT2D eigenvalue weighted by Crippen LogP contribution is -2.23. The van der Waals surface area contributed by atoms with Gasteiger partial charge >= 0.3 is 0 Å². The fourth-order valence-corrected chi connectivity index (χ4v) is 2.33. The first-order chi connectivity index (χ1) is 9.75. The lowest BCUT2D eigenvalue weighted by atomic mass is 10.2. The molecule has 0 saturated heterocycles. The molecule has 102 valence electrons. The van der Waals surface area contributed by atoms with E-state index in [-0.39, 0.29) is 11.6 Å². The van der Waals surface area contributed by atoms with E-state index in [9.17, 15) is 5.11 Å². The van der Waals surface area contributed by atoms with Crippen LogP contribution in [0.5, 0.6) is 11.6 Å². The van der Waals surface area contributed by atoms with Gasteiger partial charge in [0.15, 0.2) is 5.75 Å². The van der Waals surface area contributed by atoms with Gasteiger partial charge in [0.05, 0.1) is 5.52 Å². The van der Waals surface area contributed by atoms with E-state index in [1.165, 1.54) is 23.4 Å². The molecule has 20 heavy (non-hydrogen) atoms. The maximum Gasteiger partial charge on any atom is 0.233 e. The maximum atomic E-state index is 9.22. The first-order valence-corrected chi connectivity index (χ1v) is 6.58. The molecule has 2 aromatic heterocycles. The van der Waals surface area contributed by atoms with Crippen LogP contribution in [0.4, 0.5) is 0 Å². The highest BCUT2D eigenvalue weighted by atomic mass is 16.3. The van der Waals surface area contributed by atoms with Crippen molar-refractivity contribution in [2.24, 2.45) is 0 Å². The summed E-state index contributed by atoms with van der Waals surface area (Å²) in [6.07, 6.45) is 8.89. The number of hydrogen-bond donors (Lipinski definition) is 4. The van der Waals surface area contributed by atoms with Crippen LogP contribution >= 0.6 is 0 Å². The molecular formula is C16H16N2O2. The lowest BCUT2D eigenvalue weighted by molar-refractivity contribution is 0.398. The smallest absolute Gasteiger partial charge is 0.233 e. The Morgan fingerprint density at radius 2 is 1.75 bits per heavy atom. The Balaban J connectivity index is 0.000000123. The monoisotopic (exact) mass is 268 g/mol. The number of para-hydroxylation sites is 1. The van der Waals surface area contributed by atoms with Gasteiger partial charge in [-0.1, -0.05) is 24.3 Å². The molecule has 4 nitrogen and oxygen atoms in total. The van der Waals surface area contributed by atoms with Crippen LogP contribution in [0.15, 0.2) is 36.5 Å². The minimum absolute atomic E-state index is 0.0828. The molecule has 0 aliphatic heterocycles. The first-order valence-electron chi connectivity index (χ1n) is 6.58. The van der Waals surface area contributed by atoms with E-state index in [2.05, 4.69) is 28.2 Å². The number of aromatic hydroxyl groups is 2. The Bertz CT molecular complexity index is 812. The SMILES string of the molecule is C1=c2cc[nH]c2=CCC1.Oc1[nH]c2ccccc2c1O. The number of fused-ring (bicyclic) bond motifs is 2. The van der Waals surface area contributed by atoms with Crippen molar-refractivity contribution in [2.75, 3.05) is 0 Å². The second-order valence-electron chi connectivity index (χ2n) is 4.70. The van der Waals surface area contributed by atoms with E-state index in [0.29, 0.717) is 5.39 Å². The Hall–Kier alpha value is -2.62. The number of hydrogen-bond acceptors (Lipinski definition) is 2. The van der Waals surface area contributed by atoms with Gasteiger partial charge in [-0.15, -0.1) is 0 Å². The Labute approximate surface area is 115 Å². The van der Waals surface area contributed by atoms with Crippen LogP contribution in [0.25, 0.3) is 23.1 Å². The van der Waals surface area contributed by atoms with Crippen molar-refractivity contribution < 1.29 is 10.2 Å². The van der Waals surface area contributed by atoms with Gasteiger partial charge in [0.2, 0.25) is 5.88 Å². The number of H-pyrrole nitrogens is 2. The van der Waals surface area contributed by atoms with Crippen molar-refractivity contribution in [3.8, 4) is 11.6 Å². The third kappa shape index (κ3) is 2.28. The van der Waals surface area contributed by atoms with Crippen molar-refractivity contribution in [3.05, 3.63) is 47.1 Å². The molecule has 3 aromatic rings. The fraction of sp³-hybridized carbons (Fsp3) is 0.125. The number of benzene rings is 1. The second-order valence-corrected chi connectivity index (χ2v) is 4.70. The van der Waals surface area contributed by atoms with Crippen molar-refractivity contribution >= 4 is 23.1 Å². The van der Waals surface area contributed by atoms with E-state index in [4.69, 9.17) is 5.11 Å². The number of rotatable bonds is 0. The predicted octanol–water partition coefficient (Wildman–Crippen LogP) is 1.95. The van der Waals surface area contributed by atoms with Gasteiger partial charge in [-0.05, 0) is 36.3 Å². The third-order valence-electron chi connectivity index (χ3n) is 3.35. The standard InChI is InChI=1S/C8H7NO2.C8H9N/c10-7-5-3-1-2-4-6(5)9-8(7)11;1-2-4-8-7(3-1)5-6-9-8/h1-4,9-11H;3-6,9H,1-2H2. The Morgan fingerprint density at radius 3 is 2.55 bits per heavy atom. The van der Waals surface area contributed by atoms with Crippen LogP contribution in [0.3, 0.4) is 0 Å². The van der Waals surface area contributed by atoms with E-state index in [1.54, 1.807) is 18.2 Å². The van der Waals surface area contributed by atoms with Crippen molar-refractivity contribution in [1.29, 1.82) is 0 Å². The number of aromatic nitrogens is 2. The molecular weight excluding hydrogens is 252 g/mol. The number of aromatic amines is 2. The predicted molar refractivity (Wildman–Crippen MR) is 79.8 cm³/mol. The molecule has 0 fully saturated rings. The third-order valence-corrected chi connectivity index (χ3v) is 3.35. The Morgan fingerprint density at radius 1 is 0.950 bits per heavy atom. The second kappa shape index (κ2) is 5.17. The summed E-state index contributed by atoms with van der Waals surface area (Å²) in [4.78, 5) is 5.80. The van der Waals surface area contributed by atoms with Gasteiger partial charge in [-0.2, -0.15) is 0 Å². The van der Waals surface area contributed by atoms with Crippen LogP contribution in [-0.2, 0) is 0 Å². The minimum Gasteiger partial charge on any atom is -0.503 e. The van der Waals surface area contributed by atoms with Gasteiger partial charge in [-0.25, -0.2) is 0 Å². The highest BCUT2D eigenvalue weighted by Crippen LogP contribution is 2.32. The molecule has 0 amide bonds. The summed E-state index contributed by atoms with van der Waals surface area (Å²) in [7, 11) is 0. The van der Waals surface area contributed by atoms with E-state index >= 15 is 0 Å². The molecule has 0 bridgehead atoms. The number of nitrogens with one attached hydrogen (secondary N) is 2. The molecule has 0 spiro atoms. The van der Waals surface area contributed by atoms with Crippen LogP contribution in [0.2, 0.25) is 0 Å². The van der Waals surface area contributed by atoms with E-state index in [1.807, 2.05) is 12.3 Å². The fourth-order valence-electron chi connectivity index (χ4n) is 2.33. The molecule has 4 heteroatoms. The van der Waals surface area contributed by atoms with Gasteiger partial charge in [0.1, 0.15) is 0 Å². The average Bonchev–Trinajstić information content (AvgIpc) is 3.06. The Kier molecular flexibility index (Phi) is 3.21. The summed E-state index contributed by atoms with van der Waals surface area (Å²) in [5, 5.41) is 21.6. The molecule has 0 atom stereocenters. The quantitative estimate of drug-likeness (QED) is 0.503. The van der Waals surface area contributed by atoms with E-state index < -0.39 is 0 Å². The zero-order chi connectivity index (χ0) is 13.9. The van der Waals surface area contributed by atoms with Gasteiger partial charge < -0.3 is 20.2 Å². The lowest BCUT2D eigenvalue weighted by Gasteiger charge is -1.91.